The quantitative estimate of drug-likeness (QED) is 0.0383. The molecule has 0 aliphatic heterocycles. The van der Waals surface area contributed by atoms with E-state index in [0.29, 0.717) is 45.5 Å². The maximum atomic E-state index is 13.0. The topological polar surface area (TPSA) is 361 Å². The normalized spacial score (nSPS) is 12.3. The summed E-state index contributed by atoms with van der Waals surface area (Å²) in [5, 5.41) is 41.6. The van der Waals surface area contributed by atoms with Crippen LogP contribution < -0.4 is 33.6 Å². The zero-order chi connectivity index (χ0) is 71.1. The van der Waals surface area contributed by atoms with E-state index in [1.165, 1.54) is 10.8 Å². The SMILES string of the molecule is Cl.NC(=O)C(=O)C(Cc1ccccc1)NC(=O)c1cccc2c1oc1ccccc12.NC(=O)C(O)C(Cc1ccccc1)NC(=O)c1cccc2c1oc1ccccc12.NC(=O)C(O)C(N)Cc1ccccc1.O=C(O)c1cccc2c1oc1ccccc12.c1ccc2c(c1)oc1ccccc12. The molecule has 0 fully saturated rings. The Morgan fingerprint density at radius 2 is 0.647 bits per heavy atom. The van der Waals surface area contributed by atoms with Gasteiger partial charge in [0, 0.05) is 55.6 Å². The van der Waals surface area contributed by atoms with Crippen LogP contribution in [0.15, 0.2) is 285 Å². The highest BCUT2D eigenvalue weighted by Gasteiger charge is 2.30. The molecule has 0 saturated heterocycles. The number of hydrogen-bond acceptors (Lipinski definition) is 14. The van der Waals surface area contributed by atoms with Crippen molar-refractivity contribution >= 4 is 141 Å². The first-order chi connectivity index (χ1) is 48.9. The van der Waals surface area contributed by atoms with Gasteiger partial charge in [0.1, 0.15) is 62.4 Å². The van der Waals surface area contributed by atoms with E-state index in [4.69, 9.17) is 45.7 Å². The number of ketones is 1. The van der Waals surface area contributed by atoms with Crippen LogP contribution in [-0.2, 0) is 38.4 Å². The van der Waals surface area contributed by atoms with Gasteiger partial charge in [0.05, 0.1) is 17.2 Å². The van der Waals surface area contributed by atoms with Gasteiger partial charge in [0.25, 0.3) is 17.7 Å². The largest absolute Gasteiger partial charge is 0.478 e. The zero-order valence-electron chi connectivity index (χ0n) is 54.5. The number of rotatable bonds is 17. The molecule has 0 radical (unpaired) electrons. The predicted molar refractivity (Wildman–Crippen MR) is 395 cm³/mol. The minimum Gasteiger partial charge on any atom is -0.478 e. The number of nitrogens with two attached hydrogens (primary N) is 4. The first-order valence-corrected chi connectivity index (χ1v) is 32.0. The van der Waals surface area contributed by atoms with Crippen LogP contribution in [0.5, 0.6) is 0 Å². The van der Waals surface area contributed by atoms with Gasteiger partial charge in [-0.2, -0.15) is 0 Å². The van der Waals surface area contributed by atoms with E-state index in [1.54, 1.807) is 36.4 Å². The summed E-state index contributed by atoms with van der Waals surface area (Å²) in [5.41, 5.74) is 29.8. The van der Waals surface area contributed by atoms with Crippen LogP contribution in [0.25, 0.3) is 87.8 Å². The van der Waals surface area contributed by atoms with E-state index in [9.17, 15) is 43.8 Å². The third-order valence-electron chi connectivity index (χ3n) is 16.7. The molecule has 20 nitrogen and oxygen atoms in total. The molecule has 11 aromatic carbocycles. The summed E-state index contributed by atoms with van der Waals surface area (Å²) in [4.78, 5) is 83.0. The second kappa shape index (κ2) is 33.2. The molecule has 0 bridgehead atoms. The Kier molecular flexibility index (Phi) is 23.5. The number of carboxylic acids is 1. The van der Waals surface area contributed by atoms with E-state index < -0.39 is 71.6 Å². The Labute approximate surface area is 588 Å². The highest BCUT2D eigenvalue weighted by molar-refractivity contribution is 6.38. The van der Waals surface area contributed by atoms with Crippen LogP contribution in [0.3, 0.4) is 0 Å². The third kappa shape index (κ3) is 16.9. The minimum absolute atomic E-state index is 0. The van der Waals surface area contributed by atoms with Gasteiger partial charge in [-0.1, -0.05) is 218 Å². The van der Waals surface area contributed by atoms with Crippen molar-refractivity contribution in [2.45, 2.75) is 49.6 Å². The number of aliphatic hydroxyl groups is 2. The lowest BCUT2D eigenvalue weighted by Crippen LogP contribution is -2.50. The first-order valence-electron chi connectivity index (χ1n) is 32.0. The van der Waals surface area contributed by atoms with E-state index in [2.05, 4.69) is 22.8 Å². The monoisotopic (exact) mass is 1380 g/mol. The Balaban J connectivity index is 0.000000143. The molecule has 0 aliphatic carbocycles. The molecular formula is C81H69ClN6O14. The van der Waals surface area contributed by atoms with Crippen LogP contribution in [0.2, 0.25) is 0 Å². The van der Waals surface area contributed by atoms with Crippen molar-refractivity contribution in [1.29, 1.82) is 0 Å². The Morgan fingerprint density at radius 1 is 0.343 bits per heavy atom. The summed E-state index contributed by atoms with van der Waals surface area (Å²) in [6.07, 6.45) is -1.95. The molecule has 13 N–H and O–H groups in total. The van der Waals surface area contributed by atoms with Crippen LogP contribution >= 0.6 is 12.4 Å². The van der Waals surface area contributed by atoms with Gasteiger partial charge in [0.15, 0.2) is 6.10 Å². The fourth-order valence-electron chi connectivity index (χ4n) is 11.7. The van der Waals surface area contributed by atoms with Gasteiger partial charge >= 0.3 is 5.97 Å². The number of carbonyl (C=O) groups excluding carboxylic acids is 6. The summed E-state index contributed by atoms with van der Waals surface area (Å²) in [6.45, 7) is 0. The summed E-state index contributed by atoms with van der Waals surface area (Å²) >= 11 is 0. The van der Waals surface area contributed by atoms with Crippen LogP contribution in [0.1, 0.15) is 47.8 Å². The lowest BCUT2D eigenvalue weighted by Gasteiger charge is -2.22. The summed E-state index contributed by atoms with van der Waals surface area (Å²) in [7, 11) is 0. The maximum Gasteiger partial charge on any atom is 0.339 e. The van der Waals surface area contributed by atoms with E-state index in [-0.39, 0.29) is 36.4 Å². The van der Waals surface area contributed by atoms with Crippen LogP contribution in [0.4, 0.5) is 0 Å². The lowest BCUT2D eigenvalue weighted by atomic mass is 10.00. The first kappa shape index (κ1) is 72.0. The number of carboxylic acid groups (broad SMARTS) is 1. The summed E-state index contributed by atoms with van der Waals surface area (Å²) < 4.78 is 23.0. The van der Waals surface area contributed by atoms with E-state index >= 15 is 0 Å². The zero-order valence-corrected chi connectivity index (χ0v) is 55.3. The Hall–Kier alpha value is -12.7. The molecule has 5 unspecified atom stereocenters. The number of nitrogens with one attached hydrogen (secondary N) is 2. The summed E-state index contributed by atoms with van der Waals surface area (Å²) in [5.74, 6) is -5.54. The number of para-hydroxylation sites is 8. The van der Waals surface area contributed by atoms with Crippen molar-refractivity contribution < 1.29 is 66.5 Å². The molecule has 5 amide bonds. The molecule has 102 heavy (non-hydrogen) atoms. The molecule has 15 aromatic rings. The fraction of sp³-hybridized carbons (Fsp3) is 0.0988. The molecule has 15 rings (SSSR count). The molecule has 514 valence electrons. The van der Waals surface area contributed by atoms with Crippen molar-refractivity contribution in [3.05, 3.63) is 300 Å². The number of fused-ring (bicyclic) bond motifs is 12. The highest BCUT2D eigenvalue weighted by atomic mass is 35.5. The number of Topliss-reactive ketones (excluding diaryl/α,β-unsaturated/α-hetero) is 1. The van der Waals surface area contributed by atoms with Gasteiger partial charge in [-0.3, -0.25) is 28.8 Å². The molecule has 5 atom stereocenters. The number of amides is 5. The second-order valence-corrected chi connectivity index (χ2v) is 23.5. The van der Waals surface area contributed by atoms with Crippen molar-refractivity contribution in [2.24, 2.45) is 22.9 Å². The number of benzene rings is 11. The fourth-order valence-corrected chi connectivity index (χ4v) is 11.7. The lowest BCUT2D eigenvalue weighted by molar-refractivity contribution is -0.137. The number of primary amides is 3. The standard InChI is InChI=1S/C23H20N2O4.C23H18N2O4.C13H8O3.C12H8O.C10H14N2O2.ClH/c2*24-22(27)20(26)18(13-14-7-2-1-3-8-14)25-23(28)17-11-6-10-16-15-9-4-5-12-19(15)29-21(16)17;14-13(15)10-6-3-5-9-8-4-1-2-7-11(8)16-12(9)10;1-3-7-11-9(5-1)10-6-2-4-8-12(10)13-11;11-8(9(13)10(12)14)6-7-4-2-1-3-5-7;/h1-12,18,20,26H,13H2,(H2,24,27)(H,25,28);1-12,18H,13H2,(H2,24,27)(H,25,28);1-7H,(H,14,15);1-8H;1-5,8-9,13H,6,11H2,(H2,12,14);1H. The van der Waals surface area contributed by atoms with Crippen LogP contribution in [-0.4, -0.2) is 86.9 Å². The molecule has 0 aliphatic rings. The van der Waals surface area contributed by atoms with Crippen molar-refractivity contribution in [3.8, 4) is 0 Å². The van der Waals surface area contributed by atoms with Gasteiger partial charge < -0.3 is 66.6 Å². The Bertz CT molecular complexity index is 5430. The smallest absolute Gasteiger partial charge is 0.339 e. The third-order valence-corrected chi connectivity index (χ3v) is 16.7. The van der Waals surface area contributed by atoms with Crippen molar-refractivity contribution in [1.82, 2.24) is 10.6 Å². The minimum atomic E-state index is -1.52. The number of furan rings is 4. The van der Waals surface area contributed by atoms with Gasteiger partial charge in [-0.25, -0.2) is 4.79 Å². The van der Waals surface area contributed by atoms with Crippen LogP contribution in [0, 0.1) is 0 Å². The number of aliphatic hydroxyl groups excluding tert-OH is 2. The maximum absolute atomic E-state index is 13.0. The summed E-state index contributed by atoms with van der Waals surface area (Å²) in [6, 6.07) is 79.6. The highest BCUT2D eigenvalue weighted by Crippen LogP contribution is 2.34. The average Bonchev–Trinajstić information content (AvgIpc) is 1.64. The molecule has 0 saturated carbocycles. The van der Waals surface area contributed by atoms with E-state index in [0.717, 1.165) is 60.2 Å². The Morgan fingerprint density at radius 3 is 1.02 bits per heavy atom. The van der Waals surface area contributed by atoms with Gasteiger partial charge in [-0.05, 0) is 78.1 Å². The number of hydrogen-bond donors (Lipinski definition) is 9. The molecule has 4 aromatic heterocycles. The molecular weight excluding hydrogens is 1320 g/mol. The second-order valence-electron chi connectivity index (χ2n) is 23.5. The molecule has 0 spiro atoms. The van der Waals surface area contributed by atoms with Gasteiger partial charge in [-0.15, -0.1) is 12.4 Å². The number of carbonyl (C=O) groups is 7. The van der Waals surface area contributed by atoms with Crippen molar-refractivity contribution in [2.75, 3.05) is 0 Å². The molecule has 4 heterocycles. The van der Waals surface area contributed by atoms with E-state index in [1.807, 2.05) is 218 Å². The van der Waals surface area contributed by atoms with Crippen molar-refractivity contribution in [3.63, 3.8) is 0 Å². The molecule has 21 heteroatoms. The predicted octanol–water partition coefficient (Wildman–Crippen LogP) is 12.4. The number of halogens is 1. The van der Waals surface area contributed by atoms with Gasteiger partial charge in [0.2, 0.25) is 17.6 Å². The average molecular weight is 1390 g/mol. The number of aromatic carboxylic acids is 1.